The molecular formula is C27H31N5O3. The normalized spacial score (nSPS) is 20.8. The molecule has 0 saturated carbocycles. The summed E-state index contributed by atoms with van der Waals surface area (Å²) in [7, 11) is 0. The van der Waals surface area contributed by atoms with Crippen LogP contribution < -0.4 is 10.6 Å². The first-order valence-electron chi connectivity index (χ1n) is 12.3. The van der Waals surface area contributed by atoms with Crippen molar-refractivity contribution in [1.82, 2.24) is 25.1 Å². The fourth-order valence-corrected chi connectivity index (χ4v) is 5.62. The van der Waals surface area contributed by atoms with Gasteiger partial charge in [0.25, 0.3) is 5.91 Å². The highest BCUT2D eigenvalue weighted by atomic mass is 16.2. The quantitative estimate of drug-likeness (QED) is 0.515. The number of aromatic nitrogens is 2. The lowest BCUT2D eigenvalue weighted by molar-refractivity contribution is -0.134. The van der Waals surface area contributed by atoms with Crippen molar-refractivity contribution in [2.75, 3.05) is 13.1 Å². The maximum atomic E-state index is 13.0. The van der Waals surface area contributed by atoms with Crippen LogP contribution in [0.3, 0.4) is 0 Å². The van der Waals surface area contributed by atoms with Crippen LogP contribution in [-0.2, 0) is 22.6 Å². The van der Waals surface area contributed by atoms with Gasteiger partial charge in [0.1, 0.15) is 11.4 Å². The number of imide groups is 1. The van der Waals surface area contributed by atoms with Gasteiger partial charge in [-0.1, -0.05) is 42.5 Å². The van der Waals surface area contributed by atoms with E-state index in [1.807, 2.05) is 66.4 Å². The molecule has 8 nitrogen and oxygen atoms in total. The number of imidazole rings is 1. The van der Waals surface area contributed by atoms with Gasteiger partial charge in [0.15, 0.2) is 0 Å². The van der Waals surface area contributed by atoms with E-state index in [0.717, 1.165) is 22.4 Å². The number of hydrogen-bond donors (Lipinski definition) is 2. The number of nitrogens with zero attached hydrogens (tertiary/aromatic N) is 3. The Morgan fingerprint density at radius 1 is 1.06 bits per heavy atom. The summed E-state index contributed by atoms with van der Waals surface area (Å²) in [6.45, 7) is 3.73. The molecule has 4 amide bonds. The number of fused-ring (bicyclic) bond motifs is 1. The topological polar surface area (TPSA) is 96.3 Å². The maximum Gasteiger partial charge on any atom is 0.322 e. The highest BCUT2D eigenvalue weighted by molar-refractivity contribution is 6.07. The number of carbonyl (C=O) groups excluding carboxylic acids is 3. The lowest BCUT2D eigenvalue weighted by Crippen LogP contribution is -2.56. The average molecular weight is 474 g/mol. The Kier molecular flexibility index (Phi) is 6.28. The molecule has 1 aromatic heterocycles. The molecule has 5 rings (SSSR count). The summed E-state index contributed by atoms with van der Waals surface area (Å²) in [6.07, 6.45) is 3.01. The largest absolute Gasteiger partial charge is 0.343 e. The fourth-order valence-electron chi connectivity index (χ4n) is 5.62. The third kappa shape index (κ3) is 4.52. The van der Waals surface area contributed by atoms with E-state index >= 15 is 0 Å². The summed E-state index contributed by atoms with van der Waals surface area (Å²) < 4.78 is 2.09. The predicted octanol–water partition coefficient (Wildman–Crippen LogP) is 3.18. The van der Waals surface area contributed by atoms with Gasteiger partial charge in [-0.15, -0.1) is 0 Å². The van der Waals surface area contributed by atoms with Gasteiger partial charge < -0.3 is 14.8 Å². The molecular weight excluding hydrogens is 442 g/mol. The van der Waals surface area contributed by atoms with Gasteiger partial charge in [0.2, 0.25) is 5.91 Å². The summed E-state index contributed by atoms with van der Waals surface area (Å²) in [6, 6.07) is 17.5. The molecule has 8 heteroatoms. The summed E-state index contributed by atoms with van der Waals surface area (Å²) in [5.74, 6) is 0.757. The molecule has 2 saturated heterocycles. The number of piperidine rings is 1. The molecule has 3 aromatic rings. The smallest absolute Gasteiger partial charge is 0.322 e. The first-order chi connectivity index (χ1) is 17.0. The van der Waals surface area contributed by atoms with Crippen LogP contribution in [0.4, 0.5) is 4.79 Å². The van der Waals surface area contributed by atoms with Gasteiger partial charge in [0, 0.05) is 26.1 Å². The Labute approximate surface area is 204 Å². The number of amides is 4. The van der Waals surface area contributed by atoms with Gasteiger partial charge in [-0.25, -0.2) is 9.78 Å². The van der Waals surface area contributed by atoms with Crippen LogP contribution in [0.1, 0.15) is 37.1 Å². The van der Waals surface area contributed by atoms with Crippen LogP contribution in [-0.4, -0.2) is 50.9 Å². The van der Waals surface area contributed by atoms with E-state index in [0.29, 0.717) is 51.7 Å². The minimum Gasteiger partial charge on any atom is -0.343 e. The van der Waals surface area contributed by atoms with E-state index in [-0.39, 0.29) is 17.7 Å². The summed E-state index contributed by atoms with van der Waals surface area (Å²) in [5, 5.41) is 5.41. The molecule has 2 N–H and O–H groups in total. The van der Waals surface area contributed by atoms with E-state index in [2.05, 4.69) is 20.2 Å². The zero-order chi connectivity index (χ0) is 24.4. The Morgan fingerprint density at radius 3 is 2.49 bits per heavy atom. The van der Waals surface area contributed by atoms with E-state index in [1.54, 1.807) is 0 Å². The SMILES string of the molecule is Cc1nc2ccccc2n1CCC(=O)N1CCC([C@@]2(CCc3ccccc3)NC(=O)NC2=O)CC1. The molecule has 2 aromatic carbocycles. The van der Waals surface area contributed by atoms with E-state index in [4.69, 9.17) is 0 Å². The molecule has 0 radical (unpaired) electrons. The third-order valence-corrected chi connectivity index (χ3v) is 7.56. The van der Waals surface area contributed by atoms with Crippen molar-refractivity contribution in [1.29, 1.82) is 0 Å². The van der Waals surface area contributed by atoms with Crippen molar-refractivity contribution in [3.05, 3.63) is 66.0 Å². The molecule has 0 bridgehead atoms. The first kappa shape index (κ1) is 23.1. The molecule has 1 atom stereocenters. The van der Waals surface area contributed by atoms with Crippen molar-refractivity contribution < 1.29 is 14.4 Å². The molecule has 3 heterocycles. The predicted molar refractivity (Wildman–Crippen MR) is 133 cm³/mol. The molecule has 0 spiro atoms. The number of carbonyl (C=O) groups is 3. The second-order valence-corrected chi connectivity index (χ2v) is 9.57. The van der Waals surface area contributed by atoms with E-state index in [1.165, 1.54) is 0 Å². The number of benzene rings is 2. The molecule has 2 aliphatic rings. The Balaban J connectivity index is 1.21. The number of urea groups is 1. The Bertz CT molecular complexity index is 1250. The van der Waals surface area contributed by atoms with Crippen molar-refractivity contribution in [3.8, 4) is 0 Å². The van der Waals surface area contributed by atoms with E-state index in [9.17, 15) is 14.4 Å². The van der Waals surface area contributed by atoms with Gasteiger partial charge in [-0.2, -0.15) is 0 Å². The second-order valence-electron chi connectivity index (χ2n) is 9.57. The molecule has 0 unspecified atom stereocenters. The van der Waals surface area contributed by atoms with E-state index < -0.39 is 11.6 Å². The number of para-hydroxylation sites is 2. The average Bonchev–Trinajstić information content (AvgIpc) is 3.36. The second kappa shape index (κ2) is 9.52. The molecule has 35 heavy (non-hydrogen) atoms. The third-order valence-electron chi connectivity index (χ3n) is 7.56. The van der Waals surface area contributed by atoms with Gasteiger partial charge in [-0.3, -0.25) is 14.9 Å². The molecule has 0 aliphatic carbocycles. The zero-order valence-electron chi connectivity index (χ0n) is 20.0. The van der Waals surface area contributed by atoms with Gasteiger partial charge in [0.05, 0.1) is 11.0 Å². The monoisotopic (exact) mass is 473 g/mol. The molecule has 182 valence electrons. The zero-order valence-corrected chi connectivity index (χ0v) is 20.0. The van der Waals surface area contributed by atoms with Crippen molar-refractivity contribution in [2.45, 2.75) is 51.1 Å². The summed E-state index contributed by atoms with van der Waals surface area (Å²) >= 11 is 0. The minimum absolute atomic E-state index is 0.0125. The number of hydrogen-bond acceptors (Lipinski definition) is 4. The standard InChI is InChI=1S/C27H31N5O3/c1-19-28-22-9-5-6-10-23(22)32(19)18-14-24(33)31-16-12-21(13-17-31)27(25(34)29-26(35)30-27)15-11-20-7-3-2-4-8-20/h2-10,21H,11-18H2,1H3,(H2,29,30,34,35)/t27-/m1/s1. The number of likely N-dealkylation sites (tertiary alicyclic amines) is 1. The minimum atomic E-state index is -0.922. The van der Waals surface area contributed by atoms with Crippen LogP contribution in [0.25, 0.3) is 11.0 Å². The number of aryl methyl sites for hydroxylation is 3. The lowest BCUT2D eigenvalue weighted by Gasteiger charge is -2.40. The fraction of sp³-hybridized carbons (Fsp3) is 0.407. The van der Waals surface area contributed by atoms with Crippen molar-refractivity contribution in [3.63, 3.8) is 0 Å². The summed E-state index contributed by atoms with van der Waals surface area (Å²) in [5.41, 5.74) is 2.20. The van der Waals surface area contributed by atoms with Gasteiger partial charge in [-0.05, 0) is 56.2 Å². The van der Waals surface area contributed by atoms with Crippen LogP contribution in [0.2, 0.25) is 0 Å². The van der Waals surface area contributed by atoms with Crippen LogP contribution in [0.15, 0.2) is 54.6 Å². The number of rotatable bonds is 7. The van der Waals surface area contributed by atoms with Crippen LogP contribution in [0.5, 0.6) is 0 Å². The highest BCUT2D eigenvalue weighted by Gasteiger charge is 2.51. The first-order valence-corrected chi connectivity index (χ1v) is 12.3. The van der Waals surface area contributed by atoms with Crippen LogP contribution >= 0.6 is 0 Å². The molecule has 2 aliphatic heterocycles. The number of nitrogens with one attached hydrogen (secondary N) is 2. The van der Waals surface area contributed by atoms with Crippen molar-refractivity contribution >= 4 is 28.9 Å². The Morgan fingerprint density at radius 2 is 1.77 bits per heavy atom. The Hall–Kier alpha value is -3.68. The van der Waals surface area contributed by atoms with Crippen LogP contribution in [0, 0.1) is 12.8 Å². The maximum absolute atomic E-state index is 13.0. The lowest BCUT2D eigenvalue weighted by atomic mass is 9.74. The summed E-state index contributed by atoms with van der Waals surface area (Å²) in [4.78, 5) is 44.5. The molecule has 2 fully saturated rings. The van der Waals surface area contributed by atoms with Crippen molar-refractivity contribution in [2.24, 2.45) is 5.92 Å². The van der Waals surface area contributed by atoms with Gasteiger partial charge >= 0.3 is 6.03 Å². The highest BCUT2D eigenvalue weighted by Crippen LogP contribution is 2.35.